The number of aryl methyl sites for hydroxylation is 2. The van der Waals surface area contributed by atoms with E-state index in [2.05, 4.69) is 33.9 Å². The SMILES string of the molecule is Cc1sc2ncnc(N3CCC(c4nc(C5(N)CCCC5)no4)CC3)c2c1C. The molecule has 0 unspecified atom stereocenters. The second kappa shape index (κ2) is 6.77. The van der Waals surface area contributed by atoms with Gasteiger partial charge >= 0.3 is 0 Å². The molecule has 7 nitrogen and oxygen atoms in total. The molecule has 2 fully saturated rings. The maximum absolute atomic E-state index is 6.48. The van der Waals surface area contributed by atoms with Crippen molar-refractivity contribution in [3.05, 3.63) is 28.5 Å². The minimum absolute atomic E-state index is 0.296. The summed E-state index contributed by atoms with van der Waals surface area (Å²) in [5.41, 5.74) is 7.39. The summed E-state index contributed by atoms with van der Waals surface area (Å²) < 4.78 is 5.63. The lowest BCUT2D eigenvalue weighted by molar-refractivity contribution is 0.317. The summed E-state index contributed by atoms with van der Waals surface area (Å²) in [6.45, 7) is 6.17. The predicted octanol–water partition coefficient (Wildman–Crippen LogP) is 3.80. The van der Waals surface area contributed by atoms with Crippen LogP contribution in [-0.2, 0) is 5.54 Å². The molecule has 2 N–H and O–H groups in total. The molecule has 0 aromatic carbocycles. The van der Waals surface area contributed by atoms with Crippen molar-refractivity contribution in [3.8, 4) is 0 Å². The fourth-order valence-electron chi connectivity index (χ4n) is 4.57. The molecule has 148 valence electrons. The van der Waals surface area contributed by atoms with Crippen LogP contribution in [0.1, 0.15) is 66.6 Å². The first kappa shape index (κ1) is 18.0. The van der Waals surface area contributed by atoms with Crippen molar-refractivity contribution in [1.29, 1.82) is 0 Å². The highest BCUT2D eigenvalue weighted by Crippen LogP contribution is 2.38. The molecule has 8 heteroatoms. The number of anilines is 1. The van der Waals surface area contributed by atoms with Gasteiger partial charge in [0.15, 0.2) is 5.82 Å². The Hall–Kier alpha value is -2.06. The van der Waals surface area contributed by atoms with E-state index in [9.17, 15) is 0 Å². The highest BCUT2D eigenvalue weighted by Gasteiger charge is 2.37. The molecular formula is C20H26N6OS. The number of nitrogens with zero attached hydrogens (tertiary/aromatic N) is 5. The number of hydrogen-bond donors (Lipinski definition) is 1. The molecular weight excluding hydrogens is 372 g/mol. The minimum atomic E-state index is -0.386. The Bertz CT molecular complexity index is 997. The molecule has 28 heavy (non-hydrogen) atoms. The van der Waals surface area contributed by atoms with E-state index in [1.165, 1.54) is 15.8 Å². The average molecular weight is 399 g/mol. The maximum Gasteiger partial charge on any atom is 0.229 e. The van der Waals surface area contributed by atoms with Gasteiger partial charge in [-0.1, -0.05) is 18.0 Å². The fourth-order valence-corrected chi connectivity index (χ4v) is 5.57. The number of fused-ring (bicyclic) bond motifs is 1. The van der Waals surface area contributed by atoms with Gasteiger partial charge in [0, 0.05) is 23.9 Å². The number of hydrogen-bond acceptors (Lipinski definition) is 8. The Morgan fingerprint density at radius 2 is 1.93 bits per heavy atom. The van der Waals surface area contributed by atoms with Crippen molar-refractivity contribution >= 4 is 27.4 Å². The summed E-state index contributed by atoms with van der Waals surface area (Å²) in [4.78, 5) is 18.6. The molecule has 0 atom stereocenters. The monoisotopic (exact) mass is 398 g/mol. The van der Waals surface area contributed by atoms with E-state index < -0.39 is 0 Å². The van der Waals surface area contributed by atoms with E-state index in [-0.39, 0.29) is 5.54 Å². The van der Waals surface area contributed by atoms with Gasteiger partial charge < -0.3 is 15.2 Å². The number of nitrogens with two attached hydrogens (primary N) is 1. The topological polar surface area (TPSA) is 94.0 Å². The largest absolute Gasteiger partial charge is 0.356 e. The maximum atomic E-state index is 6.48. The van der Waals surface area contributed by atoms with Crippen LogP contribution >= 0.6 is 11.3 Å². The molecule has 5 rings (SSSR count). The molecule has 0 amide bonds. The van der Waals surface area contributed by atoms with Crippen LogP contribution < -0.4 is 10.6 Å². The lowest BCUT2D eigenvalue weighted by atomic mass is 9.95. The lowest BCUT2D eigenvalue weighted by Crippen LogP contribution is -2.35. The van der Waals surface area contributed by atoms with Crippen LogP contribution in [0.3, 0.4) is 0 Å². The van der Waals surface area contributed by atoms with Crippen LogP contribution in [0.15, 0.2) is 10.9 Å². The van der Waals surface area contributed by atoms with Crippen LogP contribution in [0.2, 0.25) is 0 Å². The van der Waals surface area contributed by atoms with Crippen molar-refractivity contribution in [2.24, 2.45) is 5.73 Å². The van der Waals surface area contributed by atoms with Crippen molar-refractivity contribution in [1.82, 2.24) is 20.1 Å². The lowest BCUT2D eigenvalue weighted by Gasteiger charge is -2.31. The highest BCUT2D eigenvalue weighted by atomic mass is 32.1. The molecule has 1 aliphatic heterocycles. The standard InChI is InChI=1S/C20H26N6OS/c1-12-13(2)28-18-15(12)16(22-11-23-18)26-9-5-14(6-10-26)17-24-19(25-27-17)20(21)7-3-4-8-20/h11,14H,3-10,21H2,1-2H3. The fraction of sp³-hybridized carbons (Fsp3) is 0.600. The molecule has 0 radical (unpaired) electrons. The predicted molar refractivity (Wildman–Crippen MR) is 110 cm³/mol. The minimum Gasteiger partial charge on any atom is -0.356 e. The van der Waals surface area contributed by atoms with Gasteiger partial charge in [-0.05, 0) is 45.1 Å². The Kier molecular flexibility index (Phi) is 4.35. The quantitative estimate of drug-likeness (QED) is 0.717. The molecule has 2 aliphatic rings. The third-order valence-corrected chi connectivity index (χ3v) is 7.59. The smallest absolute Gasteiger partial charge is 0.229 e. The Morgan fingerprint density at radius 3 is 2.68 bits per heavy atom. The molecule has 1 saturated carbocycles. The number of piperidine rings is 1. The second-order valence-corrected chi connectivity index (χ2v) is 9.44. The first-order valence-corrected chi connectivity index (χ1v) is 11.0. The van der Waals surface area contributed by atoms with Crippen molar-refractivity contribution < 1.29 is 4.52 Å². The van der Waals surface area contributed by atoms with Crippen molar-refractivity contribution in [2.45, 2.75) is 63.8 Å². The van der Waals surface area contributed by atoms with E-state index in [4.69, 9.17) is 15.2 Å². The highest BCUT2D eigenvalue weighted by molar-refractivity contribution is 7.18. The summed E-state index contributed by atoms with van der Waals surface area (Å²) in [6, 6.07) is 0. The normalized spacial score (nSPS) is 20.3. The Morgan fingerprint density at radius 1 is 1.18 bits per heavy atom. The van der Waals surface area contributed by atoms with Gasteiger partial charge in [-0.25, -0.2) is 9.97 Å². The molecule has 3 aromatic rings. The third-order valence-electron chi connectivity index (χ3n) is 6.47. The Labute approximate surface area is 168 Å². The summed E-state index contributed by atoms with van der Waals surface area (Å²) in [5, 5.41) is 5.44. The van der Waals surface area contributed by atoms with E-state index in [1.807, 2.05) is 0 Å². The summed E-state index contributed by atoms with van der Waals surface area (Å²) in [6.07, 6.45) is 7.84. The number of rotatable bonds is 3. The zero-order chi connectivity index (χ0) is 19.3. The molecule has 0 bridgehead atoms. The molecule has 3 aromatic heterocycles. The van der Waals surface area contributed by atoms with Crippen molar-refractivity contribution in [2.75, 3.05) is 18.0 Å². The van der Waals surface area contributed by atoms with E-state index in [0.29, 0.717) is 11.7 Å². The zero-order valence-electron chi connectivity index (χ0n) is 16.4. The van der Waals surface area contributed by atoms with Crippen molar-refractivity contribution in [3.63, 3.8) is 0 Å². The first-order valence-electron chi connectivity index (χ1n) is 10.1. The van der Waals surface area contributed by atoms with E-state index in [1.54, 1.807) is 17.7 Å². The summed E-state index contributed by atoms with van der Waals surface area (Å²) in [5.74, 6) is 2.81. The van der Waals surface area contributed by atoms with Gasteiger partial charge in [0.25, 0.3) is 0 Å². The van der Waals surface area contributed by atoms with E-state index in [0.717, 1.165) is 68.2 Å². The Balaban J connectivity index is 1.33. The molecule has 1 aliphatic carbocycles. The van der Waals surface area contributed by atoms with Crippen LogP contribution in [-0.4, -0.2) is 33.2 Å². The zero-order valence-corrected chi connectivity index (χ0v) is 17.3. The summed E-state index contributed by atoms with van der Waals surface area (Å²) in [7, 11) is 0. The van der Waals surface area contributed by atoms with Crippen LogP contribution in [0.5, 0.6) is 0 Å². The van der Waals surface area contributed by atoms with Gasteiger partial charge in [0.2, 0.25) is 5.89 Å². The van der Waals surface area contributed by atoms with Gasteiger partial charge in [-0.2, -0.15) is 4.98 Å². The third kappa shape index (κ3) is 2.90. The molecule has 4 heterocycles. The number of thiophene rings is 1. The van der Waals surface area contributed by atoms with Crippen LogP contribution in [0.25, 0.3) is 10.2 Å². The summed E-state index contributed by atoms with van der Waals surface area (Å²) >= 11 is 1.75. The van der Waals surface area contributed by atoms with Crippen LogP contribution in [0.4, 0.5) is 5.82 Å². The second-order valence-electron chi connectivity index (χ2n) is 8.24. The van der Waals surface area contributed by atoms with Gasteiger partial charge in [0.05, 0.1) is 10.9 Å². The van der Waals surface area contributed by atoms with Gasteiger partial charge in [-0.3, -0.25) is 0 Å². The number of aromatic nitrogens is 4. The van der Waals surface area contributed by atoms with E-state index >= 15 is 0 Å². The average Bonchev–Trinajstić information content (AvgIpc) is 3.43. The van der Waals surface area contributed by atoms with Gasteiger partial charge in [-0.15, -0.1) is 11.3 Å². The van der Waals surface area contributed by atoms with Gasteiger partial charge in [0.1, 0.15) is 17.0 Å². The molecule has 0 spiro atoms. The first-order chi connectivity index (χ1) is 13.5. The molecule has 1 saturated heterocycles. The van der Waals surface area contributed by atoms with Crippen LogP contribution in [0, 0.1) is 13.8 Å².